The lowest BCUT2D eigenvalue weighted by atomic mass is 10.0. The Morgan fingerprint density at radius 3 is 2.72 bits per heavy atom. The number of carbonyl (C=O) groups excluding carboxylic acids is 2. The maximum absolute atomic E-state index is 12.2. The number of hydrogen-bond acceptors (Lipinski definition) is 3. The Hall–Kier alpha value is -0.710. The third kappa shape index (κ3) is 4.88. The molecule has 1 fully saturated rings. The molecule has 0 aliphatic carbocycles. The Labute approximate surface area is 114 Å². The van der Waals surface area contributed by atoms with Crippen molar-refractivity contribution >= 4 is 23.6 Å². The fourth-order valence-electron chi connectivity index (χ4n) is 2.14. The normalized spacial score (nSPS) is 20.4. The molecule has 1 heterocycles. The van der Waals surface area contributed by atoms with E-state index in [0.717, 1.165) is 25.0 Å². The molecule has 0 aromatic heterocycles. The van der Waals surface area contributed by atoms with E-state index in [9.17, 15) is 9.59 Å². The van der Waals surface area contributed by atoms with E-state index >= 15 is 0 Å². The van der Waals surface area contributed by atoms with Crippen LogP contribution in [0, 0.1) is 5.92 Å². The van der Waals surface area contributed by atoms with Gasteiger partial charge in [-0.15, -0.1) is 0 Å². The third-order valence-corrected chi connectivity index (χ3v) is 3.71. The first-order chi connectivity index (χ1) is 8.54. The zero-order chi connectivity index (χ0) is 13.5. The smallest absolute Gasteiger partial charge is 0.245 e. The van der Waals surface area contributed by atoms with Gasteiger partial charge in [-0.1, -0.05) is 13.8 Å². The van der Waals surface area contributed by atoms with E-state index in [2.05, 4.69) is 25.4 Å². The van der Waals surface area contributed by atoms with Crippen molar-refractivity contribution in [3.63, 3.8) is 0 Å². The van der Waals surface area contributed by atoms with Crippen molar-refractivity contribution in [1.29, 1.82) is 0 Å². The highest BCUT2D eigenvalue weighted by atomic mass is 32.2. The second-order valence-electron chi connectivity index (χ2n) is 5.21. The van der Waals surface area contributed by atoms with Gasteiger partial charge < -0.3 is 10.2 Å². The lowest BCUT2D eigenvalue weighted by Gasteiger charge is -2.33. The van der Waals surface area contributed by atoms with Crippen LogP contribution in [0.25, 0.3) is 0 Å². The minimum Gasteiger partial charge on any atom is -0.343 e. The zero-order valence-electron chi connectivity index (χ0n) is 11.6. The van der Waals surface area contributed by atoms with Crippen LogP contribution in [-0.4, -0.2) is 47.9 Å². The van der Waals surface area contributed by atoms with Crippen molar-refractivity contribution in [2.75, 3.05) is 25.1 Å². The average Bonchev–Trinajstić information content (AvgIpc) is 2.29. The number of thioether (sulfide) groups is 1. The molecule has 0 bridgehead atoms. The van der Waals surface area contributed by atoms with Gasteiger partial charge >= 0.3 is 0 Å². The molecule has 104 valence electrons. The lowest BCUT2D eigenvalue weighted by Crippen LogP contribution is -2.58. The van der Waals surface area contributed by atoms with Gasteiger partial charge in [-0.2, -0.15) is 11.8 Å². The van der Waals surface area contributed by atoms with E-state index in [0.29, 0.717) is 12.5 Å². The highest BCUT2D eigenvalue weighted by Gasteiger charge is 2.32. The minimum atomic E-state index is -0.313. The van der Waals surface area contributed by atoms with Gasteiger partial charge in [0, 0.05) is 6.54 Å². The first kappa shape index (κ1) is 15.3. The van der Waals surface area contributed by atoms with Crippen LogP contribution in [0.3, 0.4) is 0 Å². The summed E-state index contributed by atoms with van der Waals surface area (Å²) < 4.78 is 0. The van der Waals surface area contributed by atoms with E-state index in [1.54, 1.807) is 4.90 Å². The molecule has 1 saturated heterocycles. The van der Waals surface area contributed by atoms with Crippen LogP contribution < -0.4 is 5.32 Å². The second kappa shape index (κ2) is 7.67. The summed E-state index contributed by atoms with van der Waals surface area (Å²) in [7, 11) is 0. The monoisotopic (exact) mass is 272 g/mol. The fraction of sp³-hybridized carbons (Fsp3) is 0.846. The Morgan fingerprint density at radius 1 is 1.39 bits per heavy atom. The number of unbranched alkanes of at least 4 members (excludes halogenated alkanes) is 1. The maximum Gasteiger partial charge on any atom is 0.245 e. The molecule has 18 heavy (non-hydrogen) atoms. The molecule has 1 N–H and O–H groups in total. The first-order valence-corrected chi connectivity index (χ1v) is 8.01. The van der Waals surface area contributed by atoms with Crippen molar-refractivity contribution in [1.82, 2.24) is 10.2 Å². The van der Waals surface area contributed by atoms with E-state index in [4.69, 9.17) is 0 Å². The number of rotatable bonds is 7. The van der Waals surface area contributed by atoms with Crippen molar-refractivity contribution < 1.29 is 9.59 Å². The van der Waals surface area contributed by atoms with Crippen LogP contribution >= 0.6 is 11.8 Å². The van der Waals surface area contributed by atoms with Crippen molar-refractivity contribution in [3.05, 3.63) is 0 Å². The molecule has 1 unspecified atom stereocenters. The van der Waals surface area contributed by atoms with E-state index in [1.807, 2.05) is 11.8 Å². The minimum absolute atomic E-state index is 0.0230. The van der Waals surface area contributed by atoms with Crippen LogP contribution in [0.15, 0.2) is 0 Å². The van der Waals surface area contributed by atoms with E-state index in [1.165, 1.54) is 0 Å². The van der Waals surface area contributed by atoms with Crippen LogP contribution in [0.1, 0.15) is 33.1 Å². The van der Waals surface area contributed by atoms with E-state index in [-0.39, 0.29) is 24.4 Å². The molecule has 0 radical (unpaired) electrons. The van der Waals surface area contributed by atoms with Crippen LogP contribution in [0.5, 0.6) is 0 Å². The summed E-state index contributed by atoms with van der Waals surface area (Å²) in [5.74, 6) is 1.59. The molecule has 1 aliphatic rings. The SMILES string of the molecule is CSCCCCN1CC(=O)NC(CC(C)C)C1=O. The van der Waals surface area contributed by atoms with Gasteiger partial charge in [0.25, 0.3) is 0 Å². The molecule has 4 nitrogen and oxygen atoms in total. The second-order valence-corrected chi connectivity index (χ2v) is 6.19. The molecule has 2 amide bonds. The molecular weight excluding hydrogens is 248 g/mol. The highest BCUT2D eigenvalue weighted by Crippen LogP contribution is 2.12. The Kier molecular flexibility index (Phi) is 6.54. The topological polar surface area (TPSA) is 49.4 Å². The molecule has 5 heteroatoms. The Morgan fingerprint density at radius 2 is 2.11 bits per heavy atom. The number of piperazine rings is 1. The van der Waals surface area contributed by atoms with Crippen molar-refractivity contribution in [3.8, 4) is 0 Å². The largest absolute Gasteiger partial charge is 0.343 e. The predicted octanol–water partition coefficient (Wildman–Crippen LogP) is 1.50. The molecule has 0 aromatic carbocycles. The summed E-state index contributed by atoms with van der Waals surface area (Å²) >= 11 is 1.82. The van der Waals surface area contributed by atoms with Gasteiger partial charge in [0.1, 0.15) is 6.04 Å². The quantitative estimate of drug-likeness (QED) is 0.715. The summed E-state index contributed by atoms with van der Waals surface area (Å²) in [4.78, 5) is 25.5. The van der Waals surface area contributed by atoms with Crippen molar-refractivity contribution in [2.24, 2.45) is 5.92 Å². The molecule has 0 saturated carbocycles. The van der Waals surface area contributed by atoms with Gasteiger partial charge in [0.05, 0.1) is 6.54 Å². The van der Waals surface area contributed by atoms with Crippen LogP contribution in [-0.2, 0) is 9.59 Å². The third-order valence-electron chi connectivity index (χ3n) is 3.01. The first-order valence-electron chi connectivity index (χ1n) is 6.61. The summed E-state index contributed by atoms with van der Waals surface area (Å²) in [6.45, 7) is 5.07. The van der Waals surface area contributed by atoms with Gasteiger partial charge in [0.15, 0.2) is 0 Å². The predicted molar refractivity (Wildman–Crippen MR) is 75.6 cm³/mol. The number of amides is 2. The van der Waals surface area contributed by atoms with Crippen LogP contribution in [0.4, 0.5) is 0 Å². The van der Waals surface area contributed by atoms with Crippen LogP contribution in [0.2, 0.25) is 0 Å². The Balaban J connectivity index is 2.45. The lowest BCUT2D eigenvalue weighted by molar-refractivity contribution is -0.144. The molecular formula is C13H24N2O2S. The number of carbonyl (C=O) groups is 2. The molecule has 1 rings (SSSR count). The Bertz CT molecular complexity index is 295. The standard InChI is InChI=1S/C13H24N2O2S/c1-10(2)8-11-13(17)15(9-12(16)14-11)6-4-5-7-18-3/h10-11H,4-9H2,1-3H3,(H,14,16). The summed E-state index contributed by atoms with van der Waals surface area (Å²) in [6.07, 6.45) is 4.89. The number of nitrogens with one attached hydrogen (secondary N) is 1. The maximum atomic E-state index is 12.2. The van der Waals surface area contributed by atoms with E-state index < -0.39 is 0 Å². The summed E-state index contributed by atoms with van der Waals surface area (Å²) in [5, 5.41) is 2.79. The molecule has 0 aromatic rings. The number of nitrogens with zero attached hydrogens (tertiary/aromatic N) is 1. The molecule has 1 atom stereocenters. The van der Waals surface area contributed by atoms with Crippen molar-refractivity contribution in [2.45, 2.75) is 39.2 Å². The fourth-order valence-corrected chi connectivity index (χ4v) is 2.64. The number of hydrogen-bond donors (Lipinski definition) is 1. The average molecular weight is 272 g/mol. The summed E-state index contributed by atoms with van der Waals surface area (Å²) in [5.41, 5.74) is 0. The van der Waals surface area contributed by atoms with Gasteiger partial charge in [-0.05, 0) is 37.2 Å². The zero-order valence-corrected chi connectivity index (χ0v) is 12.4. The van der Waals surface area contributed by atoms with Gasteiger partial charge in [-0.25, -0.2) is 0 Å². The highest BCUT2D eigenvalue weighted by molar-refractivity contribution is 7.98. The summed E-state index contributed by atoms with van der Waals surface area (Å²) in [6, 6.07) is -0.313. The van der Waals surface area contributed by atoms with Gasteiger partial charge in [0.2, 0.25) is 11.8 Å². The molecule has 0 spiro atoms. The van der Waals surface area contributed by atoms with Gasteiger partial charge in [-0.3, -0.25) is 9.59 Å². The molecule has 1 aliphatic heterocycles.